The van der Waals surface area contributed by atoms with Crippen LogP contribution in [0.5, 0.6) is 0 Å². The van der Waals surface area contributed by atoms with Gasteiger partial charge in [0.15, 0.2) is 0 Å². The van der Waals surface area contributed by atoms with Crippen molar-refractivity contribution in [3.05, 3.63) is 18.0 Å². The first kappa shape index (κ1) is 17.0. The summed E-state index contributed by atoms with van der Waals surface area (Å²) in [6.45, 7) is 1.63. The summed E-state index contributed by atoms with van der Waals surface area (Å²) in [4.78, 5) is 9.98. The van der Waals surface area contributed by atoms with Gasteiger partial charge in [-0.15, -0.1) is 0 Å². The first-order valence-corrected chi connectivity index (χ1v) is 7.03. The fourth-order valence-electron chi connectivity index (χ4n) is 2.40. The molecular weight excluding hydrogens is 311 g/mol. The van der Waals surface area contributed by atoms with Gasteiger partial charge >= 0.3 is 6.18 Å². The van der Waals surface area contributed by atoms with E-state index in [1.165, 1.54) is 13.1 Å². The van der Waals surface area contributed by atoms with Crippen molar-refractivity contribution in [1.82, 2.24) is 20.2 Å². The van der Waals surface area contributed by atoms with E-state index in [2.05, 4.69) is 20.8 Å². The van der Waals surface area contributed by atoms with Gasteiger partial charge in [0.2, 0.25) is 5.95 Å². The average molecular weight is 329 g/mol. The van der Waals surface area contributed by atoms with Crippen LogP contribution in [-0.4, -0.2) is 40.3 Å². The molecule has 23 heavy (non-hydrogen) atoms. The lowest BCUT2D eigenvalue weighted by Crippen LogP contribution is -2.20. The van der Waals surface area contributed by atoms with Gasteiger partial charge in [-0.1, -0.05) is 0 Å². The molecule has 2 aromatic heterocycles. The number of H-pyrrole nitrogens is 1. The van der Waals surface area contributed by atoms with Crippen LogP contribution in [0.2, 0.25) is 0 Å². The van der Waals surface area contributed by atoms with Crippen LogP contribution in [0.1, 0.15) is 18.5 Å². The lowest BCUT2D eigenvalue weighted by Gasteiger charge is -2.17. The molecule has 126 valence electrons. The van der Waals surface area contributed by atoms with Crippen LogP contribution in [-0.2, 0) is 6.18 Å². The summed E-state index contributed by atoms with van der Waals surface area (Å²) in [7, 11) is 1.50. The Balaban J connectivity index is 0.000000924. The molecule has 5 N–H and O–H groups in total. The third kappa shape index (κ3) is 3.70. The first-order chi connectivity index (χ1) is 10.9. The van der Waals surface area contributed by atoms with Crippen molar-refractivity contribution in [3.63, 3.8) is 0 Å². The lowest BCUT2D eigenvalue weighted by molar-refractivity contribution is -0.140. The van der Waals surface area contributed by atoms with E-state index in [1.54, 1.807) is 0 Å². The standard InChI is InChI=1S/C12H13F3N6.CH5N/c13-12(14,15)10-7(6-17-20-10)8-5-9(19-11(16)18-8)21-3-1-2-4-21;1-2/h5-6H,1-4H2,(H,17,20)(H2,16,18,19);2H2,1H3. The third-order valence-electron chi connectivity index (χ3n) is 3.36. The molecule has 2 aromatic rings. The molecule has 1 fully saturated rings. The number of aromatic amines is 1. The van der Waals surface area contributed by atoms with E-state index in [-0.39, 0.29) is 17.2 Å². The number of hydrogen-bond acceptors (Lipinski definition) is 6. The van der Waals surface area contributed by atoms with Gasteiger partial charge in [-0.2, -0.15) is 23.3 Å². The number of alkyl halides is 3. The summed E-state index contributed by atoms with van der Waals surface area (Å²) >= 11 is 0. The van der Waals surface area contributed by atoms with Crippen LogP contribution in [0.15, 0.2) is 12.3 Å². The molecule has 0 saturated carbocycles. The van der Waals surface area contributed by atoms with Crippen molar-refractivity contribution in [3.8, 4) is 11.3 Å². The Hall–Kier alpha value is -2.36. The maximum absolute atomic E-state index is 12.9. The number of hydrogen-bond donors (Lipinski definition) is 3. The molecule has 10 heteroatoms. The maximum atomic E-state index is 12.9. The average Bonchev–Trinajstić information content (AvgIpc) is 3.20. The van der Waals surface area contributed by atoms with E-state index < -0.39 is 11.9 Å². The van der Waals surface area contributed by atoms with Crippen molar-refractivity contribution in [2.75, 3.05) is 30.8 Å². The summed E-state index contributed by atoms with van der Waals surface area (Å²) < 4.78 is 38.7. The fourth-order valence-corrected chi connectivity index (χ4v) is 2.40. The fraction of sp³-hybridized carbons (Fsp3) is 0.462. The summed E-state index contributed by atoms with van der Waals surface area (Å²) in [6, 6.07) is 1.52. The van der Waals surface area contributed by atoms with Gasteiger partial charge in [-0.25, -0.2) is 4.98 Å². The second kappa shape index (κ2) is 6.82. The van der Waals surface area contributed by atoms with Crippen molar-refractivity contribution in [2.24, 2.45) is 5.73 Å². The number of anilines is 2. The van der Waals surface area contributed by atoms with Crippen LogP contribution < -0.4 is 16.4 Å². The molecule has 0 aromatic carbocycles. The molecule has 1 saturated heterocycles. The van der Waals surface area contributed by atoms with E-state index in [1.807, 2.05) is 10.00 Å². The highest BCUT2D eigenvalue weighted by Crippen LogP contribution is 2.35. The van der Waals surface area contributed by atoms with E-state index >= 15 is 0 Å². The number of halogens is 3. The smallest absolute Gasteiger partial charge is 0.368 e. The molecule has 0 spiro atoms. The molecule has 7 nitrogen and oxygen atoms in total. The molecule has 0 atom stereocenters. The number of rotatable bonds is 2. The monoisotopic (exact) mass is 329 g/mol. The van der Waals surface area contributed by atoms with Gasteiger partial charge in [-0.05, 0) is 19.9 Å². The van der Waals surface area contributed by atoms with Gasteiger partial charge in [0.1, 0.15) is 11.5 Å². The van der Waals surface area contributed by atoms with Crippen molar-refractivity contribution in [2.45, 2.75) is 19.0 Å². The minimum Gasteiger partial charge on any atom is -0.368 e. The predicted molar refractivity (Wildman–Crippen MR) is 80.6 cm³/mol. The molecule has 3 rings (SSSR count). The zero-order valence-electron chi connectivity index (χ0n) is 12.6. The largest absolute Gasteiger partial charge is 0.433 e. The SMILES string of the molecule is CN.Nc1nc(-c2cn[nH]c2C(F)(F)F)cc(N2CCCC2)n1. The second-order valence-corrected chi connectivity index (χ2v) is 4.82. The van der Waals surface area contributed by atoms with E-state index in [0.717, 1.165) is 32.1 Å². The number of nitrogen functional groups attached to an aromatic ring is 1. The van der Waals surface area contributed by atoms with Crippen LogP contribution in [0, 0.1) is 0 Å². The quantitative estimate of drug-likeness (QED) is 0.773. The van der Waals surface area contributed by atoms with Gasteiger partial charge < -0.3 is 16.4 Å². The molecule has 1 aliphatic rings. The minimum absolute atomic E-state index is 0.0521. The molecule has 0 radical (unpaired) electrons. The molecule has 0 amide bonds. The molecule has 0 aliphatic carbocycles. The Morgan fingerprint density at radius 2 is 1.83 bits per heavy atom. The number of nitrogens with two attached hydrogens (primary N) is 2. The summed E-state index contributed by atoms with van der Waals surface area (Å²) in [6.07, 6.45) is -1.38. The molecule has 3 heterocycles. The second-order valence-electron chi connectivity index (χ2n) is 4.82. The molecular formula is C13H18F3N7. The van der Waals surface area contributed by atoms with Gasteiger partial charge in [0.25, 0.3) is 0 Å². The normalized spacial score (nSPS) is 14.6. The number of nitrogens with one attached hydrogen (secondary N) is 1. The van der Waals surface area contributed by atoms with Crippen LogP contribution in [0.25, 0.3) is 11.3 Å². The predicted octanol–water partition coefficient (Wildman–Crippen LogP) is 1.64. The zero-order valence-corrected chi connectivity index (χ0v) is 12.6. The minimum atomic E-state index is -4.53. The van der Waals surface area contributed by atoms with E-state index in [4.69, 9.17) is 5.73 Å². The highest BCUT2D eigenvalue weighted by Gasteiger charge is 2.36. The summed E-state index contributed by atoms with van der Waals surface area (Å²) in [5.74, 6) is 0.494. The van der Waals surface area contributed by atoms with Crippen molar-refractivity contribution >= 4 is 11.8 Å². The van der Waals surface area contributed by atoms with E-state index in [0.29, 0.717) is 5.82 Å². The van der Waals surface area contributed by atoms with Crippen LogP contribution >= 0.6 is 0 Å². The van der Waals surface area contributed by atoms with Crippen molar-refractivity contribution in [1.29, 1.82) is 0 Å². The molecule has 0 bridgehead atoms. The maximum Gasteiger partial charge on any atom is 0.433 e. The van der Waals surface area contributed by atoms with Crippen LogP contribution in [0.4, 0.5) is 24.9 Å². The highest BCUT2D eigenvalue weighted by atomic mass is 19.4. The number of nitrogens with zero attached hydrogens (tertiary/aromatic N) is 4. The first-order valence-electron chi connectivity index (χ1n) is 7.03. The zero-order chi connectivity index (χ0) is 17.0. The Bertz CT molecular complexity index is 647. The lowest BCUT2D eigenvalue weighted by atomic mass is 10.1. The number of aromatic nitrogens is 4. The summed E-state index contributed by atoms with van der Waals surface area (Å²) in [5.41, 5.74) is 9.18. The summed E-state index contributed by atoms with van der Waals surface area (Å²) in [5, 5.41) is 5.42. The topological polar surface area (TPSA) is 110 Å². The third-order valence-corrected chi connectivity index (χ3v) is 3.36. The Labute approximate surface area is 130 Å². The van der Waals surface area contributed by atoms with Crippen molar-refractivity contribution < 1.29 is 13.2 Å². The van der Waals surface area contributed by atoms with E-state index in [9.17, 15) is 13.2 Å². The van der Waals surface area contributed by atoms with Gasteiger partial charge in [0.05, 0.1) is 17.5 Å². The highest BCUT2D eigenvalue weighted by molar-refractivity contribution is 5.66. The van der Waals surface area contributed by atoms with Gasteiger partial charge in [-0.3, -0.25) is 5.10 Å². The van der Waals surface area contributed by atoms with Crippen LogP contribution in [0.3, 0.4) is 0 Å². The Morgan fingerprint density at radius 1 is 1.17 bits per heavy atom. The van der Waals surface area contributed by atoms with Gasteiger partial charge in [0, 0.05) is 19.2 Å². The Morgan fingerprint density at radius 3 is 2.43 bits per heavy atom. The molecule has 1 aliphatic heterocycles. The molecule has 0 unspecified atom stereocenters. The Kier molecular flexibility index (Phi) is 5.04.